The molecule has 0 N–H and O–H groups in total. The molecule has 70 valence electrons. The molecule has 0 aliphatic carbocycles. The number of hydrogen-bond acceptors (Lipinski definition) is 1. The van der Waals surface area contributed by atoms with Gasteiger partial charge < -0.3 is 4.90 Å². The van der Waals surface area contributed by atoms with E-state index in [1.54, 1.807) is 0 Å². The minimum absolute atomic E-state index is 1.21. The van der Waals surface area contributed by atoms with Crippen LogP contribution in [-0.2, 0) is 6.42 Å². The van der Waals surface area contributed by atoms with Crippen LogP contribution in [0.25, 0.3) is 0 Å². The van der Waals surface area contributed by atoms with Gasteiger partial charge in [0.05, 0.1) is 0 Å². The van der Waals surface area contributed by atoms with Crippen LogP contribution in [0.15, 0.2) is 24.3 Å². The molecule has 1 aliphatic heterocycles. The van der Waals surface area contributed by atoms with Crippen LogP contribution in [0.4, 0.5) is 5.69 Å². The van der Waals surface area contributed by atoms with Crippen LogP contribution in [-0.4, -0.2) is 13.6 Å². The van der Waals surface area contributed by atoms with Crippen molar-refractivity contribution in [3.8, 4) is 0 Å². The first-order valence-electron chi connectivity index (χ1n) is 5.17. The summed E-state index contributed by atoms with van der Waals surface area (Å²) in [6, 6.07) is 8.78. The van der Waals surface area contributed by atoms with Gasteiger partial charge >= 0.3 is 0 Å². The summed E-state index contributed by atoms with van der Waals surface area (Å²) >= 11 is 0. The van der Waals surface area contributed by atoms with Crippen LogP contribution in [0.2, 0.25) is 0 Å². The summed E-state index contributed by atoms with van der Waals surface area (Å²) in [4.78, 5) is 2.38. The van der Waals surface area contributed by atoms with Crippen molar-refractivity contribution in [2.75, 3.05) is 18.5 Å². The number of anilines is 1. The quantitative estimate of drug-likeness (QED) is 0.586. The fraction of sp³-hybridized carbons (Fsp3) is 0.500. The van der Waals surface area contributed by atoms with Gasteiger partial charge in [0, 0.05) is 19.3 Å². The molecule has 0 saturated heterocycles. The summed E-state index contributed by atoms with van der Waals surface area (Å²) in [5.41, 5.74) is 2.95. The molecule has 0 radical (unpaired) electrons. The number of fused-ring (bicyclic) bond motifs is 1. The van der Waals surface area contributed by atoms with E-state index >= 15 is 0 Å². The predicted octanol–water partition coefficient (Wildman–Crippen LogP) is 2.85. The Balaban J connectivity index is 2.31. The zero-order valence-electron chi connectivity index (χ0n) is 8.29. The van der Waals surface area contributed by atoms with Crippen LogP contribution in [0.3, 0.4) is 0 Å². The first kappa shape index (κ1) is 8.61. The zero-order chi connectivity index (χ0) is 9.10. The molecule has 1 heteroatoms. The van der Waals surface area contributed by atoms with E-state index in [1.807, 2.05) is 0 Å². The molecule has 0 amide bonds. The Morgan fingerprint density at radius 3 is 2.85 bits per heavy atom. The molecular weight excluding hydrogens is 158 g/mol. The van der Waals surface area contributed by atoms with E-state index in [-0.39, 0.29) is 0 Å². The third-order valence-electron chi connectivity index (χ3n) is 2.84. The van der Waals surface area contributed by atoms with Crippen molar-refractivity contribution < 1.29 is 0 Å². The first-order chi connectivity index (χ1) is 6.38. The highest BCUT2D eigenvalue weighted by Gasteiger charge is 2.08. The molecule has 0 spiro atoms. The topological polar surface area (TPSA) is 3.24 Å². The fourth-order valence-corrected chi connectivity index (χ4v) is 2.06. The summed E-state index contributed by atoms with van der Waals surface area (Å²) in [5, 5.41) is 0. The SMILES string of the molecule is CN1CCCCCc2ccccc21. The molecule has 2 rings (SSSR count). The monoisotopic (exact) mass is 175 g/mol. The maximum Gasteiger partial charge on any atom is 0.0396 e. The van der Waals surface area contributed by atoms with E-state index in [2.05, 4.69) is 36.2 Å². The van der Waals surface area contributed by atoms with Gasteiger partial charge in [0.15, 0.2) is 0 Å². The predicted molar refractivity (Wildman–Crippen MR) is 57.3 cm³/mol. The van der Waals surface area contributed by atoms with Crippen LogP contribution < -0.4 is 4.90 Å². The van der Waals surface area contributed by atoms with Crippen molar-refractivity contribution in [3.05, 3.63) is 29.8 Å². The lowest BCUT2D eigenvalue weighted by atomic mass is 10.0. The number of nitrogens with zero attached hydrogens (tertiary/aromatic N) is 1. The van der Waals surface area contributed by atoms with E-state index in [1.165, 1.54) is 43.5 Å². The van der Waals surface area contributed by atoms with Crippen LogP contribution in [0, 0.1) is 0 Å². The van der Waals surface area contributed by atoms with E-state index in [4.69, 9.17) is 0 Å². The van der Waals surface area contributed by atoms with Gasteiger partial charge in [-0.2, -0.15) is 0 Å². The van der Waals surface area contributed by atoms with Crippen molar-refractivity contribution in [2.45, 2.75) is 25.7 Å². The summed E-state index contributed by atoms with van der Waals surface area (Å²) in [6.45, 7) is 1.21. The molecule has 0 unspecified atom stereocenters. The first-order valence-corrected chi connectivity index (χ1v) is 5.17. The van der Waals surface area contributed by atoms with E-state index in [0.717, 1.165) is 0 Å². The maximum absolute atomic E-state index is 2.38. The second-order valence-electron chi connectivity index (χ2n) is 3.86. The number of rotatable bonds is 0. The van der Waals surface area contributed by atoms with Crippen molar-refractivity contribution >= 4 is 5.69 Å². The van der Waals surface area contributed by atoms with E-state index in [9.17, 15) is 0 Å². The Bertz CT molecular complexity index is 280. The second-order valence-corrected chi connectivity index (χ2v) is 3.86. The summed E-state index contributed by atoms with van der Waals surface area (Å²) in [7, 11) is 2.20. The normalized spacial score (nSPS) is 17.5. The Kier molecular flexibility index (Phi) is 2.53. The van der Waals surface area contributed by atoms with Gasteiger partial charge in [-0.25, -0.2) is 0 Å². The molecule has 1 nitrogen and oxygen atoms in total. The summed E-state index contributed by atoms with van der Waals surface area (Å²) in [6.07, 6.45) is 5.31. The molecular formula is C12H17N. The highest BCUT2D eigenvalue weighted by Crippen LogP contribution is 2.23. The molecule has 0 bridgehead atoms. The largest absolute Gasteiger partial charge is 0.374 e. The minimum atomic E-state index is 1.21. The van der Waals surface area contributed by atoms with Crippen molar-refractivity contribution in [1.82, 2.24) is 0 Å². The number of para-hydroxylation sites is 1. The molecule has 0 aromatic heterocycles. The smallest absolute Gasteiger partial charge is 0.0396 e. The van der Waals surface area contributed by atoms with Gasteiger partial charge in [0.2, 0.25) is 0 Å². The number of aryl methyl sites for hydroxylation is 1. The van der Waals surface area contributed by atoms with Crippen molar-refractivity contribution in [3.63, 3.8) is 0 Å². The van der Waals surface area contributed by atoms with Gasteiger partial charge in [-0.3, -0.25) is 0 Å². The average Bonchev–Trinajstić information content (AvgIpc) is 2.14. The lowest BCUT2D eigenvalue weighted by molar-refractivity contribution is 0.653. The third kappa shape index (κ3) is 1.85. The van der Waals surface area contributed by atoms with Gasteiger partial charge in [-0.15, -0.1) is 0 Å². The van der Waals surface area contributed by atoms with E-state index in [0.29, 0.717) is 0 Å². The van der Waals surface area contributed by atoms with Crippen molar-refractivity contribution in [1.29, 1.82) is 0 Å². The highest BCUT2D eigenvalue weighted by molar-refractivity contribution is 5.53. The molecule has 1 aromatic rings. The van der Waals surface area contributed by atoms with Crippen LogP contribution in [0.1, 0.15) is 24.8 Å². The molecule has 1 aromatic carbocycles. The molecule has 0 saturated carbocycles. The van der Waals surface area contributed by atoms with Gasteiger partial charge in [0.1, 0.15) is 0 Å². The highest BCUT2D eigenvalue weighted by atomic mass is 15.1. The van der Waals surface area contributed by atoms with Crippen molar-refractivity contribution in [2.24, 2.45) is 0 Å². The Morgan fingerprint density at radius 1 is 1.08 bits per heavy atom. The summed E-state index contributed by atoms with van der Waals surface area (Å²) in [5.74, 6) is 0. The standard InChI is InChI=1S/C12H17N/c1-13-10-6-2-3-7-11-8-4-5-9-12(11)13/h4-5,8-9H,2-3,6-7,10H2,1H3. The molecule has 1 aliphatic rings. The van der Waals surface area contributed by atoms with Crippen LogP contribution >= 0.6 is 0 Å². The number of benzene rings is 1. The van der Waals surface area contributed by atoms with Gasteiger partial charge in [0.25, 0.3) is 0 Å². The minimum Gasteiger partial charge on any atom is -0.374 e. The number of hydrogen-bond donors (Lipinski definition) is 0. The molecule has 0 fully saturated rings. The molecule has 0 atom stereocenters. The Labute approximate surface area is 80.4 Å². The zero-order valence-corrected chi connectivity index (χ0v) is 8.29. The summed E-state index contributed by atoms with van der Waals surface area (Å²) < 4.78 is 0. The maximum atomic E-state index is 2.38. The van der Waals surface area contributed by atoms with Gasteiger partial charge in [-0.1, -0.05) is 24.6 Å². The Hall–Kier alpha value is -0.980. The average molecular weight is 175 g/mol. The Morgan fingerprint density at radius 2 is 1.92 bits per heavy atom. The third-order valence-corrected chi connectivity index (χ3v) is 2.84. The van der Waals surface area contributed by atoms with E-state index < -0.39 is 0 Å². The molecule has 13 heavy (non-hydrogen) atoms. The fourth-order valence-electron chi connectivity index (χ4n) is 2.06. The lowest BCUT2D eigenvalue weighted by Crippen LogP contribution is -2.21. The molecule has 1 heterocycles. The van der Waals surface area contributed by atoms with Crippen LogP contribution in [0.5, 0.6) is 0 Å². The lowest BCUT2D eigenvalue weighted by Gasteiger charge is -2.24. The second kappa shape index (κ2) is 3.82. The van der Waals surface area contributed by atoms with Gasteiger partial charge in [-0.05, 0) is 30.9 Å².